The molecule has 158 valence electrons. The second-order valence-corrected chi connectivity index (χ2v) is 7.64. The van der Waals surface area contributed by atoms with E-state index in [0.717, 1.165) is 35.7 Å². The predicted octanol–water partition coefficient (Wildman–Crippen LogP) is 5.71. The number of halogens is 1. The second kappa shape index (κ2) is 12.2. The fourth-order valence-corrected chi connectivity index (χ4v) is 2.98. The number of nitrogens with one attached hydrogen (secondary N) is 2. The van der Waals surface area contributed by atoms with Crippen LogP contribution in [0.5, 0.6) is 11.5 Å². The average Bonchev–Trinajstić information content (AvgIpc) is 2.69. The van der Waals surface area contributed by atoms with Crippen molar-refractivity contribution < 1.29 is 14.3 Å². The fourth-order valence-electron chi connectivity index (χ4n) is 2.59. The molecule has 4 N–H and O–H groups in total. The van der Waals surface area contributed by atoms with Crippen molar-refractivity contribution in [2.45, 2.75) is 46.1 Å². The van der Waals surface area contributed by atoms with Crippen molar-refractivity contribution in [2.24, 2.45) is 0 Å². The van der Waals surface area contributed by atoms with Gasteiger partial charge in [-0.05, 0) is 37.1 Å². The van der Waals surface area contributed by atoms with Crippen molar-refractivity contribution in [1.29, 1.82) is 0 Å². The smallest absolute Gasteiger partial charge is 0.319 e. The Hall–Kier alpha value is -2.41. The maximum absolute atomic E-state index is 12.3. The predicted molar refractivity (Wildman–Crippen MR) is 122 cm³/mol. The summed E-state index contributed by atoms with van der Waals surface area (Å²) in [5.41, 5.74) is 8.21. The van der Waals surface area contributed by atoms with Gasteiger partial charge in [-0.1, -0.05) is 48.7 Å². The van der Waals surface area contributed by atoms with E-state index in [1.807, 2.05) is 30.3 Å². The summed E-state index contributed by atoms with van der Waals surface area (Å²) in [5, 5.41) is 5.69. The zero-order valence-electron chi connectivity index (χ0n) is 17.1. The first-order chi connectivity index (χ1) is 14.0. The van der Waals surface area contributed by atoms with Crippen LogP contribution in [0, 0.1) is 0 Å². The number of unbranched alkanes of at least 4 members (excludes halogenated alkanes) is 2. The number of carbonyl (C=O) groups is 1. The SMILES string of the molecule is CCCCOc1cc(CNC(=O)Nc2cccc(Br)c2)c(OCCCC)cc1N. The van der Waals surface area contributed by atoms with Crippen LogP contribution in [-0.2, 0) is 6.54 Å². The monoisotopic (exact) mass is 463 g/mol. The molecule has 2 aromatic carbocycles. The summed E-state index contributed by atoms with van der Waals surface area (Å²) in [7, 11) is 0. The molecule has 0 atom stereocenters. The molecule has 2 amide bonds. The van der Waals surface area contributed by atoms with Crippen molar-refractivity contribution in [2.75, 3.05) is 24.3 Å². The summed E-state index contributed by atoms with van der Waals surface area (Å²) in [6.07, 6.45) is 3.99. The quantitative estimate of drug-likeness (QED) is 0.294. The van der Waals surface area contributed by atoms with Gasteiger partial charge in [-0.25, -0.2) is 4.79 Å². The molecule has 0 aromatic heterocycles. The lowest BCUT2D eigenvalue weighted by atomic mass is 10.1. The minimum absolute atomic E-state index is 0.297. The Bertz CT molecular complexity index is 799. The molecule has 0 saturated heterocycles. The van der Waals surface area contributed by atoms with Gasteiger partial charge in [0, 0.05) is 28.3 Å². The van der Waals surface area contributed by atoms with Gasteiger partial charge in [-0.3, -0.25) is 0 Å². The molecule has 0 aliphatic carbocycles. The highest BCUT2D eigenvalue weighted by Gasteiger charge is 2.12. The number of carbonyl (C=O) groups excluding carboxylic acids is 1. The number of nitrogens with two attached hydrogens (primary N) is 1. The molecule has 0 radical (unpaired) electrons. The van der Waals surface area contributed by atoms with Crippen molar-refractivity contribution >= 4 is 33.3 Å². The van der Waals surface area contributed by atoms with Crippen molar-refractivity contribution in [3.8, 4) is 11.5 Å². The molecule has 7 heteroatoms. The van der Waals surface area contributed by atoms with Crippen LogP contribution in [0.1, 0.15) is 45.1 Å². The molecular formula is C22H30BrN3O3. The molecule has 6 nitrogen and oxygen atoms in total. The van der Waals surface area contributed by atoms with Gasteiger partial charge >= 0.3 is 6.03 Å². The Labute approximate surface area is 181 Å². The molecule has 0 fully saturated rings. The maximum Gasteiger partial charge on any atom is 0.319 e. The van der Waals surface area contributed by atoms with Gasteiger partial charge in [0.25, 0.3) is 0 Å². The van der Waals surface area contributed by atoms with Gasteiger partial charge in [0.2, 0.25) is 0 Å². The molecule has 2 aromatic rings. The molecule has 2 rings (SSSR count). The summed E-state index contributed by atoms with van der Waals surface area (Å²) in [5.74, 6) is 1.28. The third-order valence-corrected chi connectivity index (χ3v) is 4.72. The number of anilines is 2. The lowest BCUT2D eigenvalue weighted by Crippen LogP contribution is -2.28. The molecule has 0 heterocycles. The largest absolute Gasteiger partial charge is 0.493 e. The lowest BCUT2D eigenvalue weighted by molar-refractivity contribution is 0.251. The van der Waals surface area contributed by atoms with Crippen LogP contribution in [0.2, 0.25) is 0 Å². The van der Waals surface area contributed by atoms with Crippen LogP contribution in [0.4, 0.5) is 16.2 Å². The van der Waals surface area contributed by atoms with Gasteiger partial charge in [0.15, 0.2) is 0 Å². The number of urea groups is 1. The van der Waals surface area contributed by atoms with Crippen molar-refractivity contribution in [3.63, 3.8) is 0 Å². The van der Waals surface area contributed by atoms with E-state index in [4.69, 9.17) is 15.2 Å². The molecule has 0 saturated carbocycles. The number of hydrogen-bond donors (Lipinski definition) is 3. The van der Waals surface area contributed by atoms with E-state index in [1.54, 1.807) is 6.07 Å². The normalized spacial score (nSPS) is 10.4. The van der Waals surface area contributed by atoms with E-state index in [2.05, 4.69) is 40.4 Å². The van der Waals surface area contributed by atoms with Gasteiger partial charge in [0.1, 0.15) is 11.5 Å². The highest BCUT2D eigenvalue weighted by molar-refractivity contribution is 9.10. The summed E-state index contributed by atoms with van der Waals surface area (Å²) in [4.78, 5) is 12.3. The van der Waals surface area contributed by atoms with Crippen LogP contribution in [0.15, 0.2) is 40.9 Å². The lowest BCUT2D eigenvalue weighted by Gasteiger charge is -2.16. The summed E-state index contributed by atoms with van der Waals surface area (Å²) < 4.78 is 12.6. The Morgan fingerprint density at radius 3 is 2.38 bits per heavy atom. The average molecular weight is 464 g/mol. The number of hydrogen-bond acceptors (Lipinski definition) is 4. The first kappa shape index (κ1) is 22.9. The number of ether oxygens (including phenoxy) is 2. The van der Waals surface area contributed by atoms with Crippen molar-refractivity contribution in [3.05, 3.63) is 46.4 Å². The zero-order valence-corrected chi connectivity index (χ0v) is 18.7. The van der Waals surface area contributed by atoms with Crippen LogP contribution in [0.3, 0.4) is 0 Å². The number of benzene rings is 2. The standard InChI is InChI=1S/C22H30BrN3O3/c1-3-5-10-28-20-14-19(24)21(29-11-6-4-2)12-16(20)15-25-22(27)26-18-9-7-8-17(23)13-18/h7-9,12-14H,3-6,10-11,15,24H2,1-2H3,(H2,25,26,27). The van der Waals surface area contributed by atoms with Crippen LogP contribution in [0.25, 0.3) is 0 Å². The number of rotatable bonds is 11. The Morgan fingerprint density at radius 2 is 1.72 bits per heavy atom. The minimum Gasteiger partial charge on any atom is -0.493 e. The third kappa shape index (κ3) is 7.85. The summed E-state index contributed by atoms with van der Waals surface area (Å²) >= 11 is 3.39. The third-order valence-electron chi connectivity index (χ3n) is 4.23. The molecule has 0 aliphatic rings. The minimum atomic E-state index is -0.298. The highest BCUT2D eigenvalue weighted by atomic mass is 79.9. The Kier molecular flexibility index (Phi) is 9.64. The van der Waals surface area contributed by atoms with E-state index in [-0.39, 0.29) is 6.03 Å². The highest BCUT2D eigenvalue weighted by Crippen LogP contribution is 2.31. The fraction of sp³-hybridized carbons (Fsp3) is 0.409. The van der Waals surface area contributed by atoms with Crippen LogP contribution >= 0.6 is 15.9 Å². The van der Waals surface area contributed by atoms with Gasteiger partial charge in [0.05, 0.1) is 18.9 Å². The van der Waals surface area contributed by atoms with E-state index in [9.17, 15) is 4.79 Å². The van der Waals surface area contributed by atoms with E-state index in [0.29, 0.717) is 42.6 Å². The Morgan fingerprint density at radius 1 is 1.03 bits per heavy atom. The molecule has 0 aliphatic heterocycles. The zero-order chi connectivity index (χ0) is 21.1. The molecule has 0 bridgehead atoms. The van der Waals surface area contributed by atoms with Crippen molar-refractivity contribution in [1.82, 2.24) is 5.32 Å². The second-order valence-electron chi connectivity index (χ2n) is 6.72. The van der Waals surface area contributed by atoms with E-state index in [1.165, 1.54) is 0 Å². The molecular weight excluding hydrogens is 434 g/mol. The van der Waals surface area contributed by atoms with Gasteiger partial charge in [-0.15, -0.1) is 0 Å². The maximum atomic E-state index is 12.3. The number of nitrogen functional groups attached to an aromatic ring is 1. The summed E-state index contributed by atoms with van der Waals surface area (Å²) in [6, 6.07) is 10.8. The molecule has 29 heavy (non-hydrogen) atoms. The van der Waals surface area contributed by atoms with Gasteiger partial charge < -0.3 is 25.8 Å². The Balaban J connectivity index is 2.07. The summed E-state index contributed by atoms with van der Waals surface area (Å²) in [6.45, 7) is 5.72. The first-order valence-corrected chi connectivity index (χ1v) is 10.8. The topological polar surface area (TPSA) is 85.6 Å². The molecule has 0 unspecified atom stereocenters. The molecule has 0 spiro atoms. The van der Waals surface area contributed by atoms with Gasteiger partial charge in [-0.2, -0.15) is 0 Å². The first-order valence-electron chi connectivity index (χ1n) is 10.0. The van der Waals surface area contributed by atoms with Crippen LogP contribution in [-0.4, -0.2) is 19.2 Å². The van der Waals surface area contributed by atoms with E-state index >= 15 is 0 Å². The van der Waals surface area contributed by atoms with E-state index < -0.39 is 0 Å². The number of amides is 2. The van der Waals surface area contributed by atoms with Crippen LogP contribution < -0.4 is 25.8 Å².